The fourth-order valence-electron chi connectivity index (χ4n) is 2.71. The average molecular weight is 212 g/mol. The van der Waals surface area contributed by atoms with Crippen LogP contribution in [0.5, 0.6) is 0 Å². The molecule has 1 heterocycles. The first-order chi connectivity index (χ1) is 6.95. The highest BCUT2D eigenvalue weighted by atomic mass is 16.6. The third kappa shape index (κ3) is 1.62. The van der Waals surface area contributed by atoms with Gasteiger partial charge in [0.05, 0.1) is 12.2 Å². The molecule has 1 aliphatic heterocycles. The highest BCUT2D eigenvalue weighted by molar-refractivity contribution is 5.92. The van der Waals surface area contributed by atoms with E-state index in [1.165, 1.54) is 0 Å². The van der Waals surface area contributed by atoms with E-state index in [2.05, 4.69) is 20.8 Å². The lowest BCUT2D eigenvalue weighted by atomic mass is 9.68. The Bertz CT molecular complexity index is 274. The van der Waals surface area contributed by atoms with Crippen LogP contribution < -0.4 is 0 Å². The van der Waals surface area contributed by atoms with E-state index in [1.807, 2.05) is 6.92 Å². The Morgan fingerprint density at radius 3 is 2.53 bits per heavy atom. The second kappa shape index (κ2) is 3.56. The summed E-state index contributed by atoms with van der Waals surface area (Å²) in [5.41, 5.74) is -0.346. The molecule has 0 aromatic rings. The van der Waals surface area contributed by atoms with Crippen LogP contribution in [0.4, 0.5) is 0 Å². The predicted octanol–water partition coefficient (Wildman–Crippen LogP) is 1.94. The molecule has 1 saturated heterocycles. The van der Waals surface area contributed by atoms with Gasteiger partial charge in [-0.15, -0.1) is 0 Å². The van der Waals surface area contributed by atoms with Crippen LogP contribution in [0, 0.1) is 5.92 Å². The third-order valence-corrected chi connectivity index (χ3v) is 3.62. The van der Waals surface area contributed by atoms with Crippen molar-refractivity contribution in [2.45, 2.75) is 64.4 Å². The van der Waals surface area contributed by atoms with Crippen LogP contribution >= 0.6 is 0 Å². The Kier molecular flexibility index (Phi) is 2.63. The summed E-state index contributed by atoms with van der Waals surface area (Å²) < 4.78 is 11.8. The van der Waals surface area contributed by atoms with E-state index >= 15 is 0 Å². The van der Waals surface area contributed by atoms with Gasteiger partial charge in [0.15, 0.2) is 5.78 Å². The summed E-state index contributed by atoms with van der Waals surface area (Å²) in [6.07, 6.45) is 1.37. The van der Waals surface area contributed by atoms with Gasteiger partial charge < -0.3 is 9.47 Å². The SMILES string of the molecule is CC(C)[C@@]12CC(=O)[C@@H]1O[C@H](C)C[C@@H](C)O2. The lowest BCUT2D eigenvalue weighted by Crippen LogP contribution is -2.64. The zero-order valence-electron chi connectivity index (χ0n) is 9.95. The van der Waals surface area contributed by atoms with Crippen molar-refractivity contribution in [1.29, 1.82) is 0 Å². The minimum atomic E-state index is -0.346. The highest BCUT2D eigenvalue weighted by Gasteiger charge is 2.59. The summed E-state index contributed by atoms with van der Waals surface area (Å²) in [7, 11) is 0. The van der Waals surface area contributed by atoms with Crippen LogP contribution in [-0.2, 0) is 14.3 Å². The van der Waals surface area contributed by atoms with E-state index in [9.17, 15) is 4.79 Å². The Balaban J connectivity index is 2.24. The zero-order chi connectivity index (χ0) is 11.2. The maximum absolute atomic E-state index is 11.6. The van der Waals surface area contributed by atoms with Gasteiger partial charge in [0, 0.05) is 6.42 Å². The molecule has 1 saturated carbocycles. The topological polar surface area (TPSA) is 35.5 Å². The average Bonchev–Trinajstić information content (AvgIpc) is 2.21. The Labute approximate surface area is 91.1 Å². The number of ether oxygens (including phenoxy) is 2. The number of hydrogen-bond donors (Lipinski definition) is 0. The first-order valence-electron chi connectivity index (χ1n) is 5.81. The van der Waals surface area contributed by atoms with E-state index in [4.69, 9.17) is 9.47 Å². The van der Waals surface area contributed by atoms with Crippen LogP contribution in [0.25, 0.3) is 0 Å². The fourth-order valence-corrected chi connectivity index (χ4v) is 2.71. The first-order valence-corrected chi connectivity index (χ1v) is 5.81. The lowest BCUT2D eigenvalue weighted by Gasteiger charge is -2.49. The minimum Gasteiger partial charge on any atom is -0.368 e. The molecule has 3 nitrogen and oxygen atoms in total. The summed E-state index contributed by atoms with van der Waals surface area (Å²) in [5.74, 6) is 0.526. The van der Waals surface area contributed by atoms with Crippen molar-refractivity contribution in [3.05, 3.63) is 0 Å². The molecule has 0 aromatic carbocycles. The number of carbonyl (C=O) groups excluding carboxylic acids is 1. The van der Waals surface area contributed by atoms with Gasteiger partial charge in [-0.1, -0.05) is 13.8 Å². The molecule has 0 bridgehead atoms. The van der Waals surface area contributed by atoms with Crippen molar-refractivity contribution < 1.29 is 14.3 Å². The molecule has 0 aromatic heterocycles. The quantitative estimate of drug-likeness (QED) is 0.666. The maximum atomic E-state index is 11.6. The highest BCUT2D eigenvalue weighted by Crippen LogP contribution is 2.45. The van der Waals surface area contributed by atoms with Gasteiger partial charge in [0.1, 0.15) is 11.7 Å². The van der Waals surface area contributed by atoms with Crippen molar-refractivity contribution in [1.82, 2.24) is 0 Å². The standard InChI is InChI=1S/C12H20O3/c1-7(2)12-6-10(13)11(12)14-8(3)5-9(4)15-12/h7-9,11H,5-6H2,1-4H3/t8-,9-,11+,12+/m1/s1. The summed E-state index contributed by atoms with van der Waals surface area (Å²) in [5, 5.41) is 0. The molecule has 0 spiro atoms. The molecule has 1 aliphatic carbocycles. The summed E-state index contributed by atoms with van der Waals surface area (Å²) in [6.45, 7) is 8.29. The van der Waals surface area contributed by atoms with Gasteiger partial charge in [-0.05, 0) is 26.2 Å². The number of carbonyl (C=O) groups is 1. The van der Waals surface area contributed by atoms with E-state index in [0.29, 0.717) is 12.3 Å². The minimum absolute atomic E-state index is 0.120. The van der Waals surface area contributed by atoms with Crippen molar-refractivity contribution >= 4 is 5.78 Å². The molecule has 15 heavy (non-hydrogen) atoms. The van der Waals surface area contributed by atoms with Gasteiger partial charge in [0.2, 0.25) is 0 Å². The molecule has 0 radical (unpaired) electrons. The molecule has 2 fully saturated rings. The van der Waals surface area contributed by atoms with E-state index < -0.39 is 0 Å². The monoisotopic (exact) mass is 212 g/mol. The van der Waals surface area contributed by atoms with Gasteiger partial charge >= 0.3 is 0 Å². The van der Waals surface area contributed by atoms with Crippen LogP contribution in [-0.4, -0.2) is 29.7 Å². The number of Topliss-reactive ketones (excluding diaryl/α,β-unsaturated/α-hetero) is 1. The molecule has 0 N–H and O–H groups in total. The molecule has 4 atom stereocenters. The number of rotatable bonds is 1. The normalized spacial score (nSPS) is 45.9. The Morgan fingerprint density at radius 1 is 1.33 bits per heavy atom. The number of ketones is 1. The molecule has 0 unspecified atom stereocenters. The molecule has 0 amide bonds. The van der Waals surface area contributed by atoms with Crippen molar-refractivity contribution in [3.63, 3.8) is 0 Å². The van der Waals surface area contributed by atoms with Crippen LogP contribution in [0.1, 0.15) is 40.5 Å². The van der Waals surface area contributed by atoms with Crippen LogP contribution in [0.15, 0.2) is 0 Å². The molecular weight excluding hydrogens is 192 g/mol. The molecule has 86 valence electrons. The summed E-state index contributed by atoms with van der Waals surface area (Å²) in [4.78, 5) is 11.6. The second-order valence-electron chi connectivity index (χ2n) is 5.24. The predicted molar refractivity (Wildman–Crippen MR) is 56.7 cm³/mol. The number of hydrogen-bond acceptors (Lipinski definition) is 3. The smallest absolute Gasteiger partial charge is 0.167 e. The van der Waals surface area contributed by atoms with Gasteiger partial charge in [0.25, 0.3) is 0 Å². The molecule has 2 rings (SSSR count). The van der Waals surface area contributed by atoms with Gasteiger partial charge in [-0.2, -0.15) is 0 Å². The second-order valence-corrected chi connectivity index (χ2v) is 5.24. The summed E-state index contributed by atoms with van der Waals surface area (Å²) >= 11 is 0. The largest absolute Gasteiger partial charge is 0.368 e. The Morgan fingerprint density at radius 2 is 2.00 bits per heavy atom. The maximum Gasteiger partial charge on any atom is 0.167 e. The first kappa shape index (κ1) is 11.1. The lowest BCUT2D eigenvalue weighted by molar-refractivity contribution is -0.214. The zero-order valence-corrected chi connectivity index (χ0v) is 9.95. The summed E-state index contributed by atoms with van der Waals surface area (Å²) in [6, 6.07) is 0. The van der Waals surface area contributed by atoms with Gasteiger partial charge in [-0.3, -0.25) is 4.79 Å². The van der Waals surface area contributed by atoms with E-state index in [0.717, 1.165) is 6.42 Å². The van der Waals surface area contributed by atoms with Crippen LogP contribution in [0.2, 0.25) is 0 Å². The van der Waals surface area contributed by atoms with E-state index in [1.54, 1.807) is 0 Å². The van der Waals surface area contributed by atoms with Crippen molar-refractivity contribution in [2.75, 3.05) is 0 Å². The molecule has 3 heteroatoms. The Hall–Kier alpha value is -0.410. The fraction of sp³-hybridized carbons (Fsp3) is 0.917. The molecular formula is C12H20O3. The van der Waals surface area contributed by atoms with Crippen molar-refractivity contribution in [3.8, 4) is 0 Å². The molecule has 2 aliphatic rings. The third-order valence-electron chi connectivity index (χ3n) is 3.62. The van der Waals surface area contributed by atoms with E-state index in [-0.39, 0.29) is 29.7 Å². The van der Waals surface area contributed by atoms with Crippen LogP contribution in [0.3, 0.4) is 0 Å². The van der Waals surface area contributed by atoms with Gasteiger partial charge in [-0.25, -0.2) is 0 Å². The van der Waals surface area contributed by atoms with Crippen molar-refractivity contribution in [2.24, 2.45) is 5.92 Å². The number of fused-ring (bicyclic) bond motifs is 1.